The van der Waals surface area contributed by atoms with E-state index in [-0.39, 0.29) is 0 Å². The lowest BCUT2D eigenvalue weighted by Crippen LogP contribution is -2.14. The molecule has 2 aromatic rings. The fourth-order valence-corrected chi connectivity index (χ4v) is 1.65. The van der Waals surface area contributed by atoms with Crippen molar-refractivity contribution in [2.75, 3.05) is 6.61 Å². The van der Waals surface area contributed by atoms with Gasteiger partial charge in [0.25, 0.3) is 0 Å². The van der Waals surface area contributed by atoms with Gasteiger partial charge in [-0.25, -0.2) is 0 Å². The average molecular weight is 286 g/mol. The van der Waals surface area contributed by atoms with Gasteiger partial charge in [0.15, 0.2) is 0 Å². The summed E-state index contributed by atoms with van der Waals surface area (Å²) in [5.74, 6) is -0.690. The van der Waals surface area contributed by atoms with Gasteiger partial charge < -0.3 is 10.8 Å². The van der Waals surface area contributed by atoms with Gasteiger partial charge in [-0.15, -0.1) is 0 Å². The van der Waals surface area contributed by atoms with Crippen LogP contribution in [-0.4, -0.2) is 27.4 Å². The Morgan fingerprint density at radius 1 is 1.47 bits per heavy atom. The molecule has 0 saturated carbocycles. The summed E-state index contributed by atoms with van der Waals surface area (Å²) >= 11 is 5.99. The average Bonchev–Trinajstić information content (AvgIpc) is 2.80. The van der Waals surface area contributed by atoms with Gasteiger partial charge >= 0.3 is 0 Å². The molecular weight excluding hydrogens is 266 g/mol. The topological polar surface area (TPSA) is 81.1 Å². The van der Waals surface area contributed by atoms with Gasteiger partial charge in [-0.1, -0.05) is 31.5 Å². The minimum absolute atomic E-state index is 0.556. The van der Waals surface area contributed by atoms with Crippen molar-refractivity contribution in [2.45, 2.75) is 20.8 Å². The molecule has 0 spiro atoms. The van der Waals surface area contributed by atoms with Crippen molar-refractivity contribution < 1.29 is 9.90 Å². The molecule has 0 aliphatic heterocycles. The van der Waals surface area contributed by atoms with Crippen molar-refractivity contribution in [3.8, 4) is 0 Å². The van der Waals surface area contributed by atoms with Crippen molar-refractivity contribution in [3.63, 3.8) is 0 Å². The molecule has 0 atom stereocenters. The number of aliphatic hydroxyl groups is 1. The standard InChI is InChI=1S/C9H9ClN2.C2H5NO2.C2H6/c1-6-3-4-8(10)7-5-11-12(2)9(6)7;3-2(5)1-4;1-2/h3-5H,1-2H3;4H,1H2,(H2,3,5);1-2H3. The second-order valence-corrected chi connectivity index (χ2v) is 3.93. The largest absolute Gasteiger partial charge is 0.387 e. The van der Waals surface area contributed by atoms with E-state index in [9.17, 15) is 4.79 Å². The van der Waals surface area contributed by atoms with E-state index in [4.69, 9.17) is 16.7 Å². The third-order valence-corrected chi connectivity index (χ3v) is 2.53. The Balaban J connectivity index is 0.000000396. The SMILES string of the molecule is CC.Cc1ccc(Cl)c2cnn(C)c12.NC(=O)CO. The summed E-state index contributed by atoms with van der Waals surface area (Å²) in [6, 6.07) is 3.91. The molecule has 0 bridgehead atoms. The third-order valence-electron chi connectivity index (χ3n) is 2.21. The van der Waals surface area contributed by atoms with Crippen LogP contribution in [0.5, 0.6) is 0 Å². The zero-order chi connectivity index (χ0) is 15.0. The number of aryl methyl sites for hydroxylation is 2. The molecule has 5 nitrogen and oxygen atoms in total. The number of aliphatic hydroxyl groups excluding tert-OH is 1. The molecule has 1 amide bonds. The maximum Gasteiger partial charge on any atom is 0.243 e. The van der Waals surface area contributed by atoms with E-state index < -0.39 is 12.5 Å². The number of aromatic nitrogens is 2. The normalized spacial score (nSPS) is 9.16. The smallest absolute Gasteiger partial charge is 0.243 e. The van der Waals surface area contributed by atoms with E-state index in [2.05, 4.69) is 17.8 Å². The van der Waals surface area contributed by atoms with Gasteiger partial charge in [-0.05, 0) is 18.6 Å². The van der Waals surface area contributed by atoms with Crippen molar-refractivity contribution in [1.29, 1.82) is 0 Å². The first-order valence-electron chi connectivity index (χ1n) is 5.93. The summed E-state index contributed by atoms with van der Waals surface area (Å²) in [5, 5.41) is 13.6. The molecule has 0 fully saturated rings. The number of rotatable bonds is 1. The molecule has 0 aliphatic carbocycles. The Bertz CT molecular complexity index is 538. The van der Waals surface area contributed by atoms with Crippen molar-refractivity contribution >= 4 is 28.4 Å². The maximum absolute atomic E-state index is 9.34. The zero-order valence-electron chi connectivity index (χ0n) is 11.6. The quantitative estimate of drug-likeness (QED) is 0.841. The lowest BCUT2D eigenvalue weighted by molar-refractivity contribution is -0.120. The van der Waals surface area contributed by atoms with Crippen molar-refractivity contribution in [2.24, 2.45) is 12.8 Å². The van der Waals surface area contributed by atoms with Crippen LogP contribution in [0, 0.1) is 6.92 Å². The van der Waals surface area contributed by atoms with E-state index in [0.29, 0.717) is 0 Å². The minimum atomic E-state index is -0.690. The van der Waals surface area contributed by atoms with Gasteiger partial charge in [-0.2, -0.15) is 5.10 Å². The number of halogens is 1. The van der Waals surface area contributed by atoms with Crippen LogP contribution in [0.25, 0.3) is 10.9 Å². The van der Waals surface area contributed by atoms with Crippen LogP contribution in [0.15, 0.2) is 18.3 Å². The molecular formula is C13H20ClN3O2. The summed E-state index contributed by atoms with van der Waals surface area (Å²) in [7, 11) is 1.92. The molecule has 0 saturated heterocycles. The Hall–Kier alpha value is -1.59. The number of carbonyl (C=O) groups excluding carboxylic acids is 1. The maximum atomic E-state index is 9.34. The van der Waals surface area contributed by atoms with E-state index in [1.54, 1.807) is 6.20 Å². The van der Waals surface area contributed by atoms with Gasteiger partial charge in [0.05, 0.1) is 16.7 Å². The molecule has 2 rings (SSSR count). The monoisotopic (exact) mass is 285 g/mol. The summed E-state index contributed by atoms with van der Waals surface area (Å²) in [6.07, 6.45) is 1.80. The first-order valence-corrected chi connectivity index (χ1v) is 6.31. The molecule has 1 heterocycles. The highest BCUT2D eigenvalue weighted by Crippen LogP contribution is 2.25. The van der Waals surface area contributed by atoms with Gasteiger partial charge in [0.1, 0.15) is 6.61 Å². The highest BCUT2D eigenvalue weighted by Gasteiger charge is 2.05. The molecule has 1 aromatic carbocycles. The Morgan fingerprint density at radius 3 is 2.42 bits per heavy atom. The lowest BCUT2D eigenvalue weighted by atomic mass is 10.2. The molecule has 19 heavy (non-hydrogen) atoms. The number of hydrogen-bond donors (Lipinski definition) is 2. The molecule has 106 valence electrons. The van der Waals surface area contributed by atoms with Gasteiger partial charge in [0, 0.05) is 12.4 Å². The number of hydrogen-bond acceptors (Lipinski definition) is 3. The van der Waals surface area contributed by atoms with Crippen LogP contribution >= 0.6 is 11.6 Å². The van der Waals surface area contributed by atoms with E-state index >= 15 is 0 Å². The van der Waals surface area contributed by atoms with Gasteiger partial charge in [0.2, 0.25) is 5.91 Å². The van der Waals surface area contributed by atoms with Crippen molar-refractivity contribution in [3.05, 3.63) is 28.9 Å². The van der Waals surface area contributed by atoms with E-state index in [1.807, 2.05) is 37.7 Å². The second kappa shape index (κ2) is 8.50. The highest BCUT2D eigenvalue weighted by molar-refractivity contribution is 6.35. The molecule has 0 aliphatic rings. The predicted octanol–water partition coefficient (Wildman–Crippen LogP) is 2.03. The number of amides is 1. The Morgan fingerprint density at radius 2 is 2.00 bits per heavy atom. The number of fused-ring (bicyclic) bond motifs is 1. The van der Waals surface area contributed by atoms with Crippen LogP contribution in [0.1, 0.15) is 19.4 Å². The predicted molar refractivity (Wildman–Crippen MR) is 78.1 cm³/mol. The fraction of sp³-hybridized carbons (Fsp3) is 0.385. The molecule has 6 heteroatoms. The summed E-state index contributed by atoms with van der Waals surface area (Å²) in [4.78, 5) is 9.34. The summed E-state index contributed by atoms with van der Waals surface area (Å²) in [6.45, 7) is 5.50. The zero-order valence-corrected chi connectivity index (χ0v) is 12.4. The molecule has 0 unspecified atom stereocenters. The van der Waals surface area contributed by atoms with Crippen LogP contribution in [0.2, 0.25) is 5.02 Å². The first-order chi connectivity index (χ1) is 8.97. The highest BCUT2D eigenvalue weighted by atomic mass is 35.5. The van der Waals surface area contributed by atoms with Crippen LogP contribution in [-0.2, 0) is 11.8 Å². The molecule has 1 aromatic heterocycles. The lowest BCUT2D eigenvalue weighted by Gasteiger charge is -1.99. The fourth-order valence-electron chi connectivity index (χ4n) is 1.45. The summed E-state index contributed by atoms with van der Waals surface area (Å²) in [5.41, 5.74) is 6.72. The number of benzene rings is 1. The van der Waals surface area contributed by atoms with Crippen molar-refractivity contribution in [1.82, 2.24) is 9.78 Å². The van der Waals surface area contributed by atoms with Crippen LogP contribution < -0.4 is 5.73 Å². The van der Waals surface area contributed by atoms with Gasteiger partial charge in [-0.3, -0.25) is 9.48 Å². The summed E-state index contributed by atoms with van der Waals surface area (Å²) < 4.78 is 1.84. The Labute approximate surface area is 118 Å². The Kier molecular flexibility index (Phi) is 7.79. The number of carbonyl (C=O) groups is 1. The van der Waals surface area contributed by atoms with E-state index in [1.165, 1.54) is 5.56 Å². The number of nitrogens with two attached hydrogens (primary N) is 1. The van der Waals surface area contributed by atoms with Crippen LogP contribution in [0.3, 0.4) is 0 Å². The first kappa shape index (κ1) is 17.4. The molecule has 0 radical (unpaired) electrons. The number of primary amides is 1. The van der Waals surface area contributed by atoms with E-state index in [0.717, 1.165) is 15.9 Å². The van der Waals surface area contributed by atoms with Crippen LogP contribution in [0.4, 0.5) is 0 Å². The third kappa shape index (κ3) is 4.89. The molecule has 3 N–H and O–H groups in total. The second-order valence-electron chi connectivity index (χ2n) is 3.52. The number of nitrogens with zero attached hydrogens (tertiary/aromatic N) is 2. The minimum Gasteiger partial charge on any atom is -0.387 e.